The third kappa shape index (κ3) is 6.46. The molecule has 0 saturated heterocycles. The zero-order chi connectivity index (χ0) is 15.9. The van der Waals surface area contributed by atoms with Gasteiger partial charge < -0.3 is 10.5 Å². The Balaban J connectivity index is 2.75. The number of rotatable bonds is 9. The lowest BCUT2D eigenvalue weighted by molar-refractivity contribution is 0.0906. The summed E-state index contributed by atoms with van der Waals surface area (Å²) in [5, 5.41) is 0. The van der Waals surface area contributed by atoms with Crippen molar-refractivity contribution in [2.45, 2.75) is 39.8 Å². The summed E-state index contributed by atoms with van der Waals surface area (Å²) < 4.78 is 31.7. The van der Waals surface area contributed by atoms with Crippen molar-refractivity contribution < 1.29 is 13.2 Å². The maximum absolute atomic E-state index is 12.4. The second kappa shape index (κ2) is 8.36. The molecule has 2 N–H and O–H groups in total. The summed E-state index contributed by atoms with van der Waals surface area (Å²) in [5.41, 5.74) is 7.29. The fraction of sp³-hybridized carbons (Fsp3) is 0.600. The van der Waals surface area contributed by atoms with Gasteiger partial charge in [0.05, 0.1) is 18.5 Å². The zero-order valence-electron chi connectivity index (χ0n) is 13.1. The molecule has 120 valence electrons. The smallest absolute Gasteiger partial charge is 0.216 e. The van der Waals surface area contributed by atoms with Gasteiger partial charge in [0.2, 0.25) is 10.0 Å². The van der Waals surface area contributed by atoms with Gasteiger partial charge in [-0.2, -0.15) is 4.31 Å². The van der Waals surface area contributed by atoms with Crippen molar-refractivity contribution in [1.82, 2.24) is 4.31 Å². The van der Waals surface area contributed by atoms with Gasteiger partial charge in [0.25, 0.3) is 0 Å². The number of benzene rings is 1. The van der Waals surface area contributed by atoms with Gasteiger partial charge in [-0.05, 0) is 38.0 Å². The molecule has 0 atom stereocenters. The van der Waals surface area contributed by atoms with Crippen LogP contribution in [0.2, 0.25) is 0 Å². The molecule has 5 nitrogen and oxygen atoms in total. The lowest BCUT2D eigenvalue weighted by Gasteiger charge is -2.22. The van der Waals surface area contributed by atoms with E-state index in [1.54, 1.807) is 6.07 Å². The van der Waals surface area contributed by atoms with Crippen molar-refractivity contribution in [2.24, 2.45) is 0 Å². The summed E-state index contributed by atoms with van der Waals surface area (Å²) in [5.74, 6) is 0.00744. The van der Waals surface area contributed by atoms with Crippen molar-refractivity contribution in [3.63, 3.8) is 0 Å². The van der Waals surface area contributed by atoms with Crippen LogP contribution in [0.3, 0.4) is 0 Å². The Bertz CT molecular complexity index is 529. The van der Waals surface area contributed by atoms with Gasteiger partial charge in [-0.25, -0.2) is 8.42 Å². The molecule has 0 amide bonds. The van der Waals surface area contributed by atoms with Gasteiger partial charge in [0.15, 0.2) is 0 Å². The van der Waals surface area contributed by atoms with E-state index in [9.17, 15) is 8.42 Å². The number of nitrogens with zero attached hydrogens (tertiary/aromatic N) is 1. The van der Waals surface area contributed by atoms with E-state index in [-0.39, 0.29) is 18.5 Å². The third-order valence-electron chi connectivity index (χ3n) is 2.97. The molecule has 1 rings (SSSR count). The van der Waals surface area contributed by atoms with Gasteiger partial charge in [-0.15, -0.1) is 0 Å². The Morgan fingerprint density at radius 3 is 2.62 bits per heavy atom. The molecular weight excluding hydrogens is 288 g/mol. The largest absolute Gasteiger partial charge is 0.399 e. The van der Waals surface area contributed by atoms with Crippen LogP contribution in [0.1, 0.15) is 32.8 Å². The molecule has 0 unspecified atom stereocenters. The zero-order valence-corrected chi connectivity index (χ0v) is 13.9. The molecule has 0 aliphatic carbocycles. The topological polar surface area (TPSA) is 72.6 Å². The molecule has 0 aliphatic rings. The first kappa shape index (κ1) is 17.9. The van der Waals surface area contributed by atoms with Gasteiger partial charge in [-0.1, -0.05) is 19.1 Å². The van der Waals surface area contributed by atoms with Gasteiger partial charge in [0, 0.05) is 18.8 Å². The maximum Gasteiger partial charge on any atom is 0.216 e. The summed E-state index contributed by atoms with van der Waals surface area (Å²) in [7, 11) is -3.32. The highest BCUT2D eigenvalue weighted by Gasteiger charge is 2.21. The van der Waals surface area contributed by atoms with E-state index in [2.05, 4.69) is 0 Å². The lowest BCUT2D eigenvalue weighted by Crippen LogP contribution is -2.34. The first-order valence-electron chi connectivity index (χ1n) is 7.29. The summed E-state index contributed by atoms with van der Waals surface area (Å²) in [4.78, 5) is 0. The van der Waals surface area contributed by atoms with Crippen LogP contribution in [0.25, 0.3) is 0 Å². The van der Waals surface area contributed by atoms with E-state index in [0.717, 1.165) is 12.0 Å². The second-order valence-electron chi connectivity index (χ2n) is 5.31. The number of ether oxygens (including phenoxy) is 1. The molecule has 0 fully saturated rings. The number of anilines is 1. The molecule has 0 aliphatic heterocycles. The number of hydrogen-bond acceptors (Lipinski definition) is 4. The Morgan fingerprint density at radius 2 is 2.05 bits per heavy atom. The minimum Gasteiger partial charge on any atom is -0.399 e. The van der Waals surface area contributed by atoms with Crippen molar-refractivity contribution in [3.8, 4) is 0 Å². The molecule has 21 heavy (non-hydrogen) atoms. The standard InChI is InChI=1S/C15H26N2O3S/c1-4-8-17(12-14-6-5-7-15(16)11-14)21(18,19)10-9-20-13(2)3/h5-7,11,13H,4,8-10,12,16H2,1-3H3. The molecule has 0 bridgehead atoms. The van der Waals surface area contributed by atoms with Crippen LogP contribution in [-0.2, 0) is 21.3 Å². The SMILES string of the molecule is CCCN(Cc1cccc(N)c1)S(=O)(=O)CCOC(C)C. The van der Waals surface area contributed by atoms with Gasteiger partial charge >= 0.3 is 0 Å². The highest BCUT2D eigenvalue weighted by molar-refractivity contribution is 7.89. The van der Waals surface area contributed by atoms with Crippen LogP contribution in [0.4, 0.5) is 5.69 Å². The fourth-order valence-electron chi connectivity index (χ4n) is 1.98. The second-order valence-corrected chi connectivity index (χ2v) is 7.40. The Morgan fingerprint density at radius 1 is 1.33 bits per heavy atom. The highest BCUT2D eigenvalue weighted by atomic mass is 32.2. The lowest BCUT2D eigenvalue weighted by atomic mass is 10.2. The van der Waals surface area contributed by atoms with E-state index in [4.69, 9.17) is 10.5 Å². The van der Waals surface area contributed by atoms with Crippen LogP contribution < -0.4 is 5.73 Å². The molecule has 0 heterocycles. The number of sulfonamides is 1. The number of hydrogen-bond donors (Lipinski definition) is 1. The van der Waals surface area contributed by atoms with Crippen LogP contribution >= 0.6 is 0 Å². The van der Waals surface area contributed by atoms with Gasteiger partial charge in [0.1, 0.15) is 0 Å². The van der Waals surface area contributed by atoms with Crippen LogP contribution in [0.15, 0.2) is 24.3 Å². The summed E-state index contributed by atoms with van der Waals surface area (Å²) >= 11 is 0. The predicted octanol–water partition coefficient (Wildman–Crippen LogP) is 2.24. The summed E-state index contributed by atoms with van der Waals surface area (Å²) in [6, 6.07) is 7.32. The maximum atomic E-state index is 12.4. The molecule has 0 spiro atoms. The van der Waals surface area contributed by atoms with Crippen LogP contribution in [-0.4, -0.2) is 37.7 Å². The van der Waals surface area contributed by atoms with Crippen molar-refractivity contribution >= 4 is 15.7 Å². The molecule has 6 heteroatoms. The number of nitrogens with two attached hydrogens (primary N) is 1. The van der Waals surface area contributed by atoms with Crippen LogP contribution in [0.5, 0.6) is 0 Å². The predicted molar refractivity (Wildman–Crippen MR) is 86.4 cm³/mol. The quantitative estimate of drug-likeness (QED) is 0.709. The molecule has 0 saturated carbocycles. The third-order valence-corrected chi connectivity index (χ3v) is 4.75. The van der Waals surface area contributed by atoms with Crippen molar-refractivity contribution in [2.75, 3.05) is 24.6 Å². The molecule has 1 aromatic rings. The average Bonchev–Trinajstić information content (AvgIpc) is 2.37. The number of nitrogen functional groups attached to an aromatic ring is 1. The monoisotopic (exact) mass is 314 g/mol. The first-order chi connectivity index (χ1) is 9.85. The first-order valence-corrected chi connectivity index (χ1v) is 8.90. The Kier molecular flexibility index (Phi) is 7.14. The molecule has 0 radical (unpaired) electrons. The van der Waals surface area contributed by atoms with E-state index in [1.807, 2.05) is 39.0 Å². The fourth-order valence-corrected chi connectivity index (χ4v) is 3.35. The Labute approximate surface area is 128 Å². The van der Waals surface area contributed by atoms with E-state index < -0.39 is 10.0 Å². The molecule has 1 aromatic carbocycles. The normalized spacial score (nSPS) is 12.2. The van der Waals surface area contributed by atoms with Crippen molar-refractivity contribution in [1.29, 1.82) is 0 Å². The van der Waals surface area contributed by atoms with Gasteiger partial charge in [-0.3, -0.25) is 0 Å². The van der Waals surface area contributed by atoms with E-state index >= 15 is 0 Å². The minimum atomic E-state index is -3.32. The summed E-state index contributed by atoms with van der Waals surface area (Å²) in [6.45, 7) is 6.82. The van der Waals surface area contributed by atoms with Crippen LogP contribution in [0, 0.1) is 0 Å². The van der Waals surface area contributed by atoms with E-state index in [0.29, 0.717) is 18.8 Å². The summed E-state index contributed by atoms with van der Waals surface area (Å²) in [6.07, 6.45) is 0.806. The van der Waals surface area contributed by atoms with Crippen molar-refractivity contribution in [3.05, 3.63) is 29.8 Å². The highest BCUT2D eigenvalue weighted by Crippen LogP contribution is 2.13. The molecular formula is C15H26N2O3S. The minimum absolute atomic E-state index is 0.00744. The average molecular weight is 314 g/mol. The Hall–Kier alpha value is -1.11. The molecule has 0 aromatic heterocycles. The van der Waals surface area contributed by atoms with E-state index in [1.165, 1.54) is 4.31 Å².